The van der Waals surface area contributed by atoms with Crippen molar-refractivity contribution in [2.75, 3.05) is 6.54 Å². The molecule has 0 bridgehead atoms. The van der Waals surface area contributed by atoms with Crippen LogP contribution in [0.2, 0.25) is 10.0 Å². The molecule has 2 atom stereocenters. The van der Waals surface area contributed by atoms with E-state index < -0.39 is 0 Å². The predicted molar refractivity (Wildman–Crippen MR) is 71.6 cm³/mol. The van der Waals surface area contributed by atoms with Gasteiger partial charge in [0.05, 0.1) is 16.1 Å². The van der Waals surface area contributed by atoms with Crippen molar-refractivity contribution in [1.82, 2.24) is 5.32 Å². The van der Waals surface area contributed by atoms with E-state index in [1.165, 1.54) is 0 Å². The van der Waals surface area contributed by atoms with E-state index in [1.807, 2.05) is 12.1 Å². The molecule has 0 aliphatic heterocycles. The van der Waals surface area contributed by atoms with E-state index in [4.69, 9.17) is 23.2 Å². The summed E-state index contributed by atoms with van der Waals surface area (Å²) in [5, 5.41) is 14.2. The first-order chi connectivity index (χ1) is 8.08. The molecule has 0 radical (unpaired) electrons. The second-order valence-electron chi connectivity index (χ2n) is 4.71. The lowest BCUT2D eigenvalue weighted by atomic mass is 10.1. The van der Waals surface area contributed by atoms with Crippen LogP contribution in [0.1, 0.15) is 31.4 Å². The highest BCUT2D eigenvalue weighted by Crippen LogP contribution is 2.32. The van der Waals surface area contributed by atoms with Gasteiger partial charge in [0.1, 0.15) is 0 Å². The molecule has 1 aromatic carbocycles. The topological polar surface area (TPSA) is 32.3 Å². The molecule has 0 spiro atoms. The van der Waals surface area contributed by atoms with E-state index in [0.717, 1.165) is 18.4 Å². The highest BCUT2D eigenvalue weighted by atomic mass is 35.5. The Morgan fingerprint density at radius 3 is 2.65 bits per heavy atom. The van der Waals surface area contributed by atoms with E-state index in [2.05, 4.69) is 12.2 Å². The lowest BCUT2D eigenvalue weighted by molar-refractivity contribution is 0.145. The van der Waals surface area contributed by atoms with Crippen LogP contribution in [0.15, 0.2) is 18.2 Å². The number of nitrogens with one attached hydrogen (secondary N) is 1. The molecule has 17 heavy (non-hydrogen) atoms. The summed E-state index contributed by atoms with van der Waals surface area (Å²) in [5.41, 5.74) is 1.09. The average Bonchev–Trinajstić information content (AvgIpc) is 3.13. The zero-order valence-corrected chi connectivity index (χ0v) is 11.3. The van der Waals surface area contributed by atoms with Gasteiger partial charge in [0.15, 0.2) is 0 Å². The van der Waals surface area contributed by atoms with Gasteiger partial charge in [0.25, 0.3) is 0 Å². The molecule has 1 saturated carbocycles. The van der Waals surface area contributed by atoms with Crippen molar-refractivity contribution in [3.63, 3.8) is 0 Å². The molecule has 2 N–H and O–H groups in total. The lowest BCUT2D eigenvalue weighted by Gasteiger charge is -2.17. The Morgan fingerprint density at radius 2 is 2.06 bits per heavy atom. The fraction of sp³-hybridized carbons (Fsp3) is 0.538. The summed E-state index contributed by atoms with van der Waals surface area (Å²) in [7, 11) is 0. The fourth-order valence-corrected chi connectivity index (χ4v) is 2.15. The lowest BCUT2D eigenvalue weighted by Crippen LogP contribution is -2.30. The first-order valence-electron chi connectivity index (χ1n) is 5.94. The second kappa shape index (κ2) is 5.57. The summed E-state index contributed by atoms with van der Waals surface area (Å²) in [4.78, 5) is 0. The Labute approximate surface area is 112 Å². The van der Waals surface area contributed by atoms with Crippen LogP contribution in [0.5, 0.6) is 0 Å². The normalized spacial score (nSPS) is 19.1. The Kier molecular flexibility index (Phi) is 4.31. The molecule has 2 unspecified atom stereocenters. The molecule has 0 amide bonds. The highest BCUT2D eigenvalue weighted by molar-refractivity contribution is 6.42. The van der Waals surface area contributed by atoms with Crippen molar-refractivity contribution in [2.45, 2.75) is 31.9 Å². The van der Waals surface area contributed by atoms with Gasteiger partial charge < -0.3 is 10.4 Å². The molecule has 0 heterocycles. The SMILES string of the molecule is CC(NCC(O)C1CC1)c1ccc(Cl)c(Cl)c1. The zero-order valence-electron chi connectivity index (χ0n) is 9.79. The van der Waals surface area contributed by atoms with Gasteiger partial charge in [0.2, 0.25) is 0 Å². The maximum absolute atomic E-state index is 9.77. The molecule has 2 rings (SSSR count). The van der Waals surface area contributed by atoms with Crippen molar-refractivity contribution in [3.05, 3.63) is 33.8 Å². The number of aliphatic hydroxyl groups is 1. The monoisotopic (exact) mass is 273 g/mol. The van der Waals surface area contributed by atoms with Crippen LogP contribution in [-0.4, -0.2) is 17.8 Å². The minimum Gasteiger partial charge on any atom is -0.392 e. The van der Waals surface area contributed by atoms with Crippen LogP contribution in [-0.2, 0) is 0 Å². The summed E-state index contributed by atoms with van der Waals surface area (Å²) in [6.45, 7) is 2.69. The first-order valence-corrected chi connectivity index (χ1v) is 6.70. The van der Waals surface area contributed by atoms with E-state index in [-0.39, 0.29) is 12.1 Å². The average molecular weight is 274 g/mol. The number of benzene rings is 1. The number of rotatable bonds is 5. The van der Waals surface area contributed by atoms with E-state index in [9.17, 15) is 5.11 Å². The molecule has 0 aromatic heterocycles. The van der Waals surface area contributed by atoms with Gasteiger partial charge in [0, 0.05) is 12.6 Å². The molecule has 1 aliphatic carbocycles. The Bertz CT molecular complexity index is 393. The number of hydrogen-bond donors (Lipinski definition) is 2. The molecule has 1 fully saturated rings. The first kappa shape index (κ1) is 13.2. The third-order valence-electron chi connectivity index (χ3n) is 3.24. The molecule has 4 heteroatoms. The Morgan fingerprint density at radius 1 is 1.35 bits per heavy atom. The van der Waals surface area contributed by atoms with Gasteiger partial charge in [-0.05, 0) is 43.4 Å². The minimum atomic E-state index is -0.222. The quantitative estimate of drug-likeness (QED) is 0.862. The van der Waals surface area contributed by atoms with E-state index in [1.54, 1.807) is 6.07 Å². The van der Waals surface area contributed by atoms with Crippen LogP contribution < -0.4 is 5.32 Å². The van der Waals surface area contributed by atoms with Gasteiger partial charge >= 0.3 is 0 Å². The molecular formula is C13H17Cl2NO. The van der Waals surface area contributed by atoms with E-state index in [0.29, 0.717) is 22.5 Å². The van der Waals surface area contributed by atoms with E-state index >= 15 is 0 Å². The minimum absolute atomic E-state index is 0.165. The van der Waals surface area contributed by atoms with Gasteiger partial charge in [-0.1, -0.05) is 29.3 Å². The molecule has 0 saturated heterocycles. The van der Waals surface area contributed by atoms with Crippen LogP contribution in [0.25, 0.3) is 0 Å². The third kappa shape index (κ3) is 3.59. The van der Waals surface area contributed by atoms with Crippen molar-refractivity contribution < 1.29 is 5.11 Å². The van der Waals surface area contributed by atoms with Crippen molar-refractivity contribution in [3.8, 4) is 0 Å². The number of hydrogen-bond acceptors (Lipinski definition) is 2. The molecular weight excluding hydrogens is 257 g/mol. The smallest absolute Gasteiger partial charge is 0.0692 e. The van der Waals surface area contributed by atoms with Gasteiger partial charge in [-0.2, -0.15) is 0 Å². The molecule has 1 aliphatic rings. The number of aliphatic hydroxyl groups excluding tert-OH is 1. The third-order valence-corrected chi connectivity index (χ3v) is 3.98. The van der Waals surface area contributed by atoms with Crippen molar-refractivity contribution in [1.29, 1.82) is 0 Å². The van der Waals surface area contributed by atoms with Crippen LogP contribution in [0.3, 0.4) is 0 Å². The predicted octanol–water partition coefficient (Wildman–Crippen LogP) is 3.41. The molecule has 1 aromatic rings. The summed E-state index contributed by atoms with van der Waals surface area (Å²) >= 11 is 11.8. The van der Waals surface area contributed by atoms with Crippen LogP contribution >= 0.6 is 23.2 Å². The summed E-state index contributed by atoms with van der Waals surface area (Å²) in [5.74, 6) is 0.503. The van der Waals surface area contributed by atoms with Crippen LogP contribution in [0.4, 0.5) is 0 Å². The fourth-order valence-electron chi connectivity index (χ4n) is 1.84. The summed E-state index contributed by atoms with van der Waals surface area (Å²) in [6.07, 6.45) is 2.09. The van der Waals surface area contributed by atoms with Gasteiger partial charge in [-0.25, -0.2) is 0 Å². The molecule has 94 valence electrons. The largest absolute Gasteiger partial charge is 0.392 e. The number of halogens is 2. The van der Waals surface area contributed by atoms with Crippen LogP contribution in [0, 0.1) is 5.92 Å². The summed E-state index contributed by atoms with van der Waals surface area (Å²) < 4.78 is 0. The Hall–Kier alpha value is -0.280. The van der Waals surface area contributed by atoms with Crippen molar-refractivity contribution in [2.24, 2.45) is 5.92 Å². The van der Waals surface area contributed by atoms with Gasteiger partial charge in [-0.3, -0.25) is 0 Å². The second-order valence-corrected chi connectivity index (χ2v) is 5.52. The highest BCUT2D eigenvalue weighted by Gasteiger charge is 2.29. The molecule has 2 nitrogen and oxygen atoms in total. The van der Waals surface area contributed by atoms with Crippen molar-refractivity contribution >= 4 is 23.2 Å². The Balaban J connectivity index is 1.89. The zero-order chi connectivity index (χ0) is 12.4. The summed E-state index contributed by atoms with van der Waals surface area (Å²) in [6, 6.07) is 5.79. The maximum atomic E-state index is 9.77. The standard InChI is InChI=1S/C13H17Cl2NO/c1-8(16-7-13(17)9-2-3-9)10-4-5-11(14)12(15)6-10/h4-6,8-9,13,16-17H,2-3,7H2,1H3. The van der Waals surface area contributed by atoms with Gasteiger partial charge in [-0.15, -0.1) is 0 Å². The maximum Gasteiger partial charge on any atom is 0.0692 e.